The molecule has 1 aromatic carbocycles. The van der Waals surface area contributed by atoms with Gasteiger partial charge in [-0.1, -0.05) is 18.2 Å². The fourth-order valence-electron chi connectivity index (χ4n) is 3.32. The highest BCUT2D eigenvalue weighted by Crippen LogP contribution is 2.16. The molecule has 0 saturated carbocycles. The van der Waals surface area contributed by atoms with Crippen molar-refractivity contribution in [3.8, 4) is 0 Å². The molecule has 0 unspecified atom stereocenters. The normalized spacial score (nSPS) is 11.4. The fraction of sp³-hybridized carbons (Fsp3) is 0.200. The van der Waals surface area contributed by atoms with E-state index in [-0.39, 0.29) is 5.56 Å². The van der Waals surface area contributed by atoms with Crippen molar-refractivity contribution >= 4 is 21.9 Å². The first kappa shape index (κ1) is 15.4. The number of aryl methyl sites for hydroxylation is 3. The number of rotatable bonds is 4. The summed E-state index contributed by atoms with van der Waals surface area (Å²) in [5.41, 5.74) is 1.66. The lowest BCUT2D eigenvalue weighted by atomic mass is 10.2. The van der Waals surface area contributed by atoms with Crippen LogP contribution in [0.1, 0.15) is 12.0 Å². The quantitative estimate of drug-likeness (QED) is 0.575. The van der Waals surface area contributed by atoms with Crippen molar-refractivity contribution in [3.05, 3.63) is 81.2 Å². The number of benzene rings is 1. The van der Waals surface area contributed by atoms with Crippen LogP contribution in [-0.4, -0.2) is 9.13 Å². The molecule has 0 fully saturated rings. The highest BCUT2D eigenvalue weighted by atomic mass is 16.4. The number of para-hydroxylation sites is 1. The van der Waals surface area contributed by atoms with E-state index in [4.69, 9.17) is 4.42 Å². The molecule has 0 radical (unpaired) electrons. The Morgan fingerprint density at radius 3 is 2.60 bits per heavy atom. The minimum atomic E-state index is -0.429. The van der Waals surface area contributed by atoms with Gasteiger partial charge in [-0.25, -0.2) is 4.79 Å². The first-order valence-corrected chi connectivity index (χ1v) is 8.31. The number of hydrogen-bond acceptors (Lipinski definition) is 3. The van der Waals surface area contributed by atoms with E-state index in [2.05, 4.69) is 29.0 Å². The molecule has 0 aliphatic rings. The van der Waals surface area contributed by atoms with Crippen LogP contribution in [0, 0.1) is 6.92 Å². The second kappa shape index (κ2) is 6.09. The monoisotopic (exact) mass is 334 g/mol. The molecular formula is C20H18N2O3. The maximum Gasteiger partial charge on any atom is 0.336 e. The molecule has 4 aromatic rings. The standard InChI is InChI=1S/C20H18N2O3/c1-14-13-18(23)25-17-8-12-22(20(24)19(14)17)10-4-9-21-11-7-15-5-2-3-6-16(15)21/h2-3,5-8,11-13H,4,9-10H2,1H3. The fourth-order valence-corrected chi connectivity index (χ4v) is 3.32. The van der Waals surface area contributed by atoms with Gasteiger partial charge in [-0.2, -0.15) is 0 Å². The summed E-state index contributed by atoms with van der Waals surface area (Å²) in [6.45, 7) is 3.21. The van der Waals surface area contributed by atoms with Crippen LogP contribution < -0.4 is 11.2 Å². The SMILES string of the molecule is Cc1cc(=O)oc2ccn(CCCn3ccc4ccccc43)c(=O)c12. The van der Waals surface area contributed by atoms with Gasteiger partial charge in [0.05, 0.1) is 5.39 Å². The minimum Gasteiger partial charge on any atom is -0.422 e. The van der Waals surface area contributed by atoms with E-state index in [1.165, 1.54) is 17.0 Å². The van der Waals surface area contributed by atoms with Crippen LogP contribution in [0.3, 0.4) is 0 Å². The van der Waals surface area contributed by atoms with E-state index in [9.17, 15) is 9.59 Å². The Balaban J connectivity index is 1.58. The van der Waals surface area contributed by atoms with Gasteiger partial charge in [0.1, 0.15) is 5.58 Å². The van der Waals surface area contributed by atoms with Gasteiger partial charge >= 0.3 is 5.63 Å². The number of pyridine rings is 1. The molecule has 126 valence electrons. The number of aromatic nitrogens is 2. The first-order valence-electron chi connectivity index (χ1n) is 8.31. The Bertz CT molecular complexity index is 1180. The van der Waals surface area contributed by atoms with Crippen LogP contribution in [0.25, 0.3) is 21.9 Å². The first-order chi connectivity index (χ1) is 12.1. The van der Waals surface area contributed by atoms with E-state index in [1.807, 2.05) is 12.1 Å². The van der Waals surface area contributed by atoms with Gasteiger partial charge in [-0.15, -0.1) is 0 Å². The highest BCUT2D eigenvalue weighted by Gasteiger charge is 2.09. The van der Waals surface area contributed by atoms with Crippen molar-refractivity contribution in [2.75, 3.05) is 0 Å². The molecule has 5 heteroatoms. The van der Waals surface area contributed by atoms with Gasteiger partial charge in [0.2, 0.25) is 0 Å². The molecule has 0 saturated heterocycles. The molecule has 0 aliphatic carbocycles. The lowest BCUT2D eigenvalue weighted by Crippen LogP contribution is -2.21. The van der Waals surface area contributed by atoms with Gasteiger partial charge in [0, 0.05) is 37.1 Å². The Labute approximate surface area is 143 Å². The Hall–Kier alpha value is -3.08. The molecule has 25 heavy (non-hydrogen) atoms. The summed E-state index contributed by atoms with van der Waals surface area (Å²) in [5, 5.41) is 1.70. The average molecular weight is 334 g/mol. The van der Waals surface area contributed by atoms with Crippen LogP contribution in [0.2, 0.25) is 0 Å². The third kappa shape index (κ3) is 2.78. The van der Waals surface area contributed by atoms with E-state index in [0.29, 0.717) is 23.1 Å². The number of hydrogen-bond donors (Lipinski definition) is 0. The van der Waals surface area contributed by atoms with Gasteiger partial charge in [-0.3, -0.25) is 4.79 Å². The van der Waals surface area contributed by atoms with Crippen molar-refractivity contribution in [1.29, 1.82) is 0 Å². The molecule has 3 heterocycles. The molecule has 5 nitrogen and oxygen atoms in total. The van der Waals surface area contributed by atoms with Crippen molar-refractivity contribution in [2.45, 2.75) is 26.4 Å². The molecule has 0 aliphatic heterocycles. The maximum atomic E-state index is 12.7. The minimum absolute atomic E-state index is 0.115. The Morgan fingerprint density at radius 1 is 0.960 bits per heavy atom. The summed E-state index contributed by atoms with van der Waals surface area (Å²) in [6.07, 6.45) is 4.60. The van der Waals surface area contributed by atoms with E-state index < -0.39 is 5.63 Å². The Kier molecular flexibility index (Phi) is 3.76. The zero-order valence-electron chi connectivity index (χ0n) is 13.9. The zero-order chi connectivity index (χ0) is 17.4. The van der Waals surface area contributed by atoms with Gasteiger partial charge < -0.3 is 13.6 Å². The van der Waals surface area contributed by atoms with Gasteiger partial charge in [0.25, 0.3) is 5.56 Å². The van der Waals surface area contributed by atoms with Crippen molar-refractivity contribution in [1.82, 2.24) is 9.13 Å². The number of fused-ring (bicyclic) bond motifs is 2. The van der Waals surface area contributed by atoms with Crippen molar-refractivity contribution < 1.29 is 4.42 Å². The highest BCUT2D eigenvalue weighted by molar-refractivity contribution is 5.80. The Morgan fingerprint density at radius 2 is 1.72 bits per heavy atom. The summed E-state index contributed by atoms with van der Waals surface area (Å²) in [5.74, 6) is 0. The van der Waals surface area contributed by atoms with E-state index >= 15 is 0 Å². The number of nitrogens with zero attached hydrogens (tertiary/aromatic N) is 2. The molecule has 0 atom stereocenters. The topological polar surface area (TPSA) is 57.1 Å². The summed E-state index contributed by atoms with van der Waals surface area (Å²) in [6, 6.07) is 13.4. The summed E-state index contributed by atoms with van der Waals surface area (Å²) < 4.78 is 9.00. The molecule has 0 N–H and O–H groups in total. The molecule has 0 amide bonds. The van der Waals surface area contributed by atoms with Crippen molar-refractivity contribution in [3.63, 3.8) is 0 Å². The van der Waals surface area contributed by atoms with Crippen LogP contribution >= 0.6 is 0 Å². The predicted octanol–water partition coefficient (Wildman–Crippen LogP) is 3.31. The van der Waals surface area contributed by atoms with Crippen LogP contribution in [0.15, 0.2) is 68.9 Å². The van der Waals surface area contributed by atoms with Gasteiger partial charge in [0.15, 0.2) is 0 Å². The van der Waals surface area contributed by atoms with E-state index in [1.54, 1.807) is 23.8 Å². The lowest BCUT2D eigenvalue weighted by Gasteiger charge is -2.09. The third-order valence-corrected chi connectivity index (χ3v) is 4.54. The summed E-state index contributed by atoms with van der Waals surface area (Å²) in [7, 11) is 0. The second-order valence-corrected chi connectivity index (χ2v) is 6.22. The average Bonchev–Trinajstić information content (AvgIpc) is 3.00. The van der Waals surface area contributed by atoms with Crippen LogP contribution in [0.5, 0.6) is 0 Å². The van der Waals surface area contributed by atoms with Crippen LogP contribution in [0.4, 0.5) is 0 Å². The molecule has 3 aromatic heterocycles. The zero-order valence-corrected chi connectivity index (χ0v) is 13.9. The predicted molar refractivity (Wildman–Crippen MR) is 98.0 cm³/mol. The summed E-state index contributed by atoms with van der Waals surface area (Å²) >= 11 is 0. The molecular weight excluding hydrogens is 316 g/mol. The van der Waals surface area contributed by atoms with E-state index in [0.717, 1.165) is 13.0 Å². The summed E-state index contributed by atoms with van der Waals surface area (Å²) in [4.78, 5) is 24.1. The molecule has 0 bridgehead atoms. The molecule has 0 spiro atoms. The largest absolute Gasteiger partial charge is 0.422 e. The third-order valence-electron chi connectivity index (χ3n) is 4.54. The molecule has 4 rings (SSSR count). The van der Waals surface area contributed by atoms with Crippen LogP contribution in [-0.2, 0) is 13.1 Å². The van der Waals surface area contributed by atoms with Crippen molar-refractivity contribution in [2.24, 2.45) is 0 Å². The van der Waals surface area contributed by atoms with Gasteiger partial charge in [-0.05, 0) is 42.5 Å². The smallest absolute Gasteiger partial charge is 0.336 e. The lowest BCUT2D eigenvalue weighted by molar-refractivity contribution is 0.546. The second-order valence-electron chi connectivity index (χ2n) is 6.22. The maximum absolute atomic E-state index is 12.7.